The normalized spacial score (nSPS) is 11.9. The van der Waals surface area contributed by atoms with Crippen LogP contribution >= 0.6 is 0 Å². The third-order valence-corrected chi connectivity index (χ3v) is 10.8. The number of unbranched alkanes of at least 4 members (excludes halogenated alkanes) is 29. The molecule has 1 heteroatoms. The molecule has 45 heavy (non-hydrogen) atoms. The first kappa shape index (κ1) is 42.2. The largest absolute Gasteiger partial charge is 0.200 e. The van der Waals surface area contributed by atoms with Gasteiger partial charge in [-0.05, 0) is 19.3 Å². The van der Waals surface area contributed by atoms with Gasteiger partial charge < -0.3 is 0 Å². The van der Waals surface area contributed by atoms with Gasteiger partial charge in [0.25, 0.3) is 0 Å². The fourth-order valence-electron chi connectivity index (χ4n) is 7.63. The molecule has 0 spiro atoms. The predicted molar refractivity (Wildman–Crippen MR) is 203 cm³/mol. The van der Waals surface area contributed by atoms with Crippen molar-refractivity contribution in [3.05, 3.63) is 30.6 Å². The van der Waals surface area contributed by atoms with Crippen LogP contribution in [0.5, 0.6) is 0 Å². The molecular weight excluding hydrogens is 542 g/mol. The fraction of sp³-hybridized carbons (Fsp3) is 0.886. The van der Waals surface area contributed by atoms with E-state index >= 15 is 0 Å². The van der Waals surface area contributed by atoms with Crippen LogP contribution in [0.3, 0.4) is 0 Å². The van der Waals surface area contributed by atoms with E-state index in [1.54, 1.807) is 0 Å². The van der Waals surface area contributed by atoms with Crippen LogP contribution in [0.2, 0.25) is 0 Å². The molecule has 0 saturated heterocycles. The van der Waals surface area contributed by atoms with E-state index in [1.807, 2.05) is 0 Å². The molecule has 0 N–H and O–H groups in total. The minimum atomic E-state index is 0.338. The number of pyridine rings is 1. The number of rotatable bonds is 36. The summed E-state index contributed by atoms with van der Waals surface area (Å²) in [6.07, 6.45) is 55.1. The lowest BCUT2D eigenvalue weighted by atomic mass is 9.81. The molecule has 0 aliphatic rings. The highest BCUT2D eigenvalue weighted by Crippen LogP contribution is 2.31. The summed E-state index contributed by atoms with van der Waals surface area (Å²) in [5, 5.41) is 0. The topological polar surface area (TPSA) is 3.88 Å². The zero-order valence-electron chi connectivity index (χ0n) is 31.6. The smallest absolute Gasteiger partial charge is 0.169 e. The Balaban J connectivity index is 2.24. The van der Waals surface area contributed by atoms with Gasteiger partial charge in [-0.1, -0.05) is 213 Å². The molecule has 0 bridgehead atoms. The predicted octanol–water partition coefficient (Wildman–Crippen LogP) is 15.4. The Morgan fingerprint density at radius 3 is 0.822 bits per heavy atom. The number of hydrogen-bond donors (Lipinski definition) is 0. The summed E-state index contributed by atoms with van der Waals surface area (Å²) in [7, 11) is 0. The molecule has 264 valence electrons. The monoisotopic (exact) mass is 627 g/mol. The Labute approximate surface area is 285 Å². The van der Waals surface area contributed by atoms with E-state index < -0.39 is 0 Å². The van der Waals surface area contributed by atoms with Gasteiger partial charge in [-0.3, -0.25) is 0 Å². The van der Waals surface area contributed by atoms with Crippen molar-refractivity contribution in [1.29, 1.82) is 0 Å². The van der Waals surface area contributed by atoms with Crippen LogP contribution in [-0.2, 0) is 5.54 Å². The molecule has 0 amide bonds. The lowest BCUT2D eigenvalue weighted by Gasteiger charge is -2.29. The van der Waals surface area contributed by atoms with Crippen LogP contribution in [-0.4, -0.2) is 0 Å². The van der Waals surface area contributed by atoms with E-state index in [0.717, 1.165) is 0 Å². The molecule has 1 rings (SSSR count). The number of aromatic nitrogens is 1. The lowest BCUT2D eigenvalue weighted by Crippen LogP contribution is -2.55. The Kier molecular flexibility index (Phi) is 31.0. The second-order valence-corrected chi connectivity index (χ2v) is 15.0. The number of hydrogen-bond acceptors (Lipinski definition) is 0. The Hall–Kier alpha value is -0.850. The SMILES string of the molecule is CCCCCCCCCCCCCCCCCC(CCCC)(CCCCCCCCCCCCCCCCC)[n+]1ccccc1. The second kappa shape index (κ2) is 33.1. The molecule has 0 fully saturated rings. The van der Waals surface area contributed by atoms with Crippen LogP contribution in [0.4, 0.5) is 0 Å². The molecule has 0 radical (unpaired) electrons. The van der Waals surface area contributed by atoms with Gasteiger partial charge in [-0.15, -0.1) is 0 Å². The Bertz CT molecular complexity index is 647. The quantitative estimate of drug-likeness (QED) is 0.0515. The average Bonchev–Trinajstić information content (AvgIpc) is 3.07. The van der Waals surface area contributed by atoms with Crippen LogP contribution < -0.4 is 4.57 Å². The first-order valence-corrected chi connectivity index (χ1v) is 21.3. The molecule has 1 heterocycles. The van der Waals surface area contributed by atoms with Crippen molar-refractivity contribution in [2.45, 2.75) is 251 Å². The van der Waals surface area contributed by atoms with Crippen LogP contribution in [0, 0.1) is 0 Å². The maximum absolute atomic E-state index is 2.64. The Morgan fingerprint density at radius 2 is 0.533 bits per heavy atom. The van der Waals surface area contributed by atoms with Gasteiger partial charge in [-0.25, -0.2) is 0 Å². The molecule has 0 unspecified atom stereocenters. The van der Waals surface area contributed by atoms with Gasteiger partial charge in [0, 0.05) is 31.4 Å². The van der Waals surface area contributed by atoms with Gasteiger partial charge in [-0.2, -0.15) is 4.57 Å². The third-order valence-electron chi connectivity index (χ3n) is 10.8. The minimum absolute atomic E-state index is 0.338. The highest BCUT2D eigenvalue weighted by molar-refractivity contribution is 4.86. The lowest BCUT2D eigenvalue weighted by molar-refractivity contribution is -0.768. The summed E-state index contributed by atoms with van der Waals surface area (Å²) >= 11 is 0. The standard InChI is InChI=1S/C44H84N/c1-4-7-10-12-14-16-18-20-22-24-26-28-30-32-35-40-44(39-9-6-3,45-42-37-34-38-43-45)41-36-33-31-29-27-25-23-21-19-17-15-13-11-8-5-2/h34,37-38,42-43H,4-33,35-36,39-41H2,1-3H3/q+1. The van der Waals surface area contributed by atoms with E-state index in [9.17, 15) is 0 Å². The molecule has 1 nitrogen and oxygen atoms in total. The van der Waals surface area contributed by atoms with Crippen molar-refractivity contribution in [2.75, 3.05) is 0 Å². The van der Waals surface area contributed by atoms with Crippen molar-refractivity contribution in [1.82, 2.24) is 0 Å². The van der Waals surface area contributed by atoms with Gasteiger partial charge in [0.2, 0.25) is 0 Å². The maximum atomic E-state index is 2.64. The van der Waals surface area contributed by atoms with Crippen molar-refractivity contribution < 1.29 is 4.57 Å². The zero-order chi connectivity index (χ0) is 32.4. The maximum Gasteiger partial charge on any atom is 0.169 e. The molecule has 0 saturated carbocycles. The summed E-state index contributed by atoms with van der Waals surface area (Å²) in [6, 6.07) is 6.72. The van der Waals surface area contributed by atoms with Crippen molar-refractivity contribution in [3.8, 4) is 0 Å². The first-order valence-electron chi connectivity index (χ1n) is 21.3. The van der Waals surface area contributed by atoms with Crippen molar-refractivity contribution >= 4 is 0 Å². The van der Waals surface area contributed by atoms with Crippen LogP contribution in [0.15, 0.2) is 30.6 Å². The molecule has 0 atom stereocenters. The molecular formula is C44H84N+. The van der Waals surface area contributed by atoms with Gasteiger partial charge in [0.05, 0.1) is 0 Å². The van der Waals surface area contributed by atoms with E-state index in [-0.39, 0.29) is 0 Å². The summed E-state index contributed by atoms with van der Waals surface area (Å²) in [6.45, 7) is 7.00. The van der Waals surface area contributed by atoms with Gasteiger partial charge in [0.15, 0.2) is 17.9 Å². The van der Waals surface area contributed by atoms with Crippen LogP contribution in [0.25, 0.3) is 0 Å². The van der Waals surface area contributed by atoms with E-state index in [2.05, 4.69) is 55.9 Å². The highest BCUT2D eigenvalue weighted by Gasteiger charge is 2.37. The van der Waals surface area contributed by atoms with Crippen molar-refractivity contribution in [3.63, 3.8) is 0 Å². The Morgan fingerprint density at radius 1 is 0.289 bits per heavy atom. The molecule has 1 aromatic heterocycles. The molecule has 1 aromatic rings. The van der Waals surface area contributed by atoms with Crippen molar-refractivity contribution in [2.24, 2.45) is 0 Å². The van der Waals surface area contributed by atoms with Gasteiger partial charge in [0.1, 0.15) is 0 Å². The van der Waals surface area contributed by atoms with E-state index in [1.165, 1.54) is 225 Å². The summed E-state index contributed by atoms with van der Waals surface area (Å²) in [5.41, 5.74) is 0.338. The van der Waals surface area contributed by atoms with E-state index in [4.69, 9.17) is 0 Å². The molecule has 0 aliphatic heterocycles. The van der Waals surface area contributed by atoms with E-state index in [0.29, 0.717) is 5.54 Å². The second-order valence-electron chi connectivity index (χ2n) is 15.0. The fourth-order valence-corrected chi connectivity index (χ4v) is 7.63. The third kappa shape index (κ3) is 24.9. The molecule has 0 aromatic carbocycles. The highest BCUT2D eigenvalue weighted by atomic mass is 15.0. The first-order chi connectivity index (χ1) is 22.3. The summed E-state index contributed by atoms with van der Waals surface area (Å²) in [5.74, 6) is 0. The molecule has 0 aliphatic carbocycles. The van der Waals surface area contributed by atoms with Crippen LogP contribution in [0.1, 0.15) is 245 Å². The average molecular weight is 627 g/mol. The summed E-state index contributed by atoms with van der Waals surface area (Å²) in [4.78, 5) is 0. The zero-order valence-corrected chi connectivity index (χ0v) is 31.6. The van der Waals surface area contributed by atoms with Gasteiger partial charge >= 0.3 is 0 Å². The number of nitrogens with zero attached hydrogens (tertiary/aromatic N) is 1. The summed E-state index contributed by atoms with van der Waals surface area (Å²) < 4.78 is 2.64. The minimum Gasteiger partial charge on any atom is -0.200 e.